The fourth-order valence-corrected chi connectivity index (χ4v) is 3.88. The van der Waals surface area contributed by atoms with Crippen molar-refractivity contribution in [2.75, 3.05) is 65.4 Å². The van der Waals surface area contributed by atoms with E-state index in [2.05, 4.69) is 20.0 Å². The molecule has 4 nitrogen and oxygen atoms in total. The van der Waals surface area contributed by atoms with Crippen LogP contribution in [-0.4, -0.2) is 86.2 Å². The molecular formula is C15H30N4. The molecule has 3 heterocycles. The number of fused-ring (bicyclic) bond motifs is 1. The second kappa shape index (κ2) is 7.02. The average Bonchev–Trinajstić information content (AvgIpc) is 2.48. The zero-order valence-corrected chi connectivity index (χ0v) is 12.3. The topological polar surface area (TPSA) is 21.8 Å². The lowest BCUT2D eigenvalue weighted by Crippen LogP contribution is -2.55. The number of piperazine rings is 2. The Kier molecular flexibility index (Phi) is 5.10. The summed E-state index contributed by atoms with van der Waals surface area (Å²) in [4.78, 5) is 8.07. The summed E-state index contributed by atoms with van der Waals surface area (Å²) in [6.07, 6.45) is 5.68. The van der Waals surface area contributed by atoms with E-state index in [4.69, 9.17) is 0 Å². The fourth-order valence-electron chi connectivity index (χ4n) is 3.88. The Hall–Kier alpha value is -0.160. The molecular weight excluding hydrogens is 236 g/mol. The fraction of sp³-hybridized carbons (Fsp3) is 1.00. The normalized spacial score (nSPS) is 31.3. The van der Waals surface area contributed by atoms with Crippen LogP contribution in [0.25, 0.3) is 0 Å². The Bertz CT molecular complexity index is 265. The van der Waals surface area contributed by atoms with Gasteiger partial charge in [-0.2, -0.15) is 0 Å². The lowest BCUT2D eigenvalue weighted by atomic mass is 9.99. The van der Waals surface area contributed by atoms with Crippen LogP contribution in [0.4, 0.5) is 0 Å². The molecule has 3 saturated heterocycles. The second-order valence-electron chi connectivity index (χ2n) is 6.43. The standard InChI is InChI=1S/C15H30N4/c1-2-9-19-13-12-18(14-15(19)4-1)8-3-7-17-10-5-16-6-11-17/h15-16H,1-14H2. The third kappa shape index (κ3) is 3.91. The maximum absolute atomic E-state index is 3.43. The minimum Gasteiger partial charge on any atom is -0.314 e. The first-order chi connectivity index (χ1) is 9.42. The van der Waals surface area contributed by atoms with Crippen molar-refractivity contribution < 1.29 is 0 Å². The number of nitrogens with zero attached hydrogens (tertiary/aromatic N) is 3. The van der Waals surface area contributed by atoms with Crippen molar-refractivity contribution in [1.82, 2.24) is 20.0 Å². The highest BCUT2D eigenvalue weighted by molar-refractivity contribution is 4.85. The second-order valence-corrected chi connectivity index (χ2v) is 6.43. The Labute approximate surface area is 118 Å². The molecule has 19 heavy (non-hydrogen) atoms. The summed E-state index contributed by atoms with van der Waals surface area (Å²) in [6, 6.07) is 0.877. The first kappa shape index (κ1) is 13.8. The van der Waals surface area contributed by atoms with Crippen molar-refractivity contribution in [3.63, 3.8) is 0 Å². The van der Waals surface area contributed by atoms with E-state index >= 15 is 0 Å². The predicted molar refractivity (Wildman–Crippen MR) is 79.6 cm³/mol. The van der Waals surface area contributed by atoms with E-state index in [0.29, 0.717) is 0 Å². The van der Waals surface area contributed by atoms with Gasteiger partial charge in [-0.15, -0.1) is 0 Å². The van der Waals surface area contributed by atoms with Crippen LogP contribution >= 0.6 is 0 Å². The highest BCUT2D eigenvalue weighted by atomic mass is 15.3. The summed E-state index contributed by atoms with van der Waals surface area (Å²) < 4.78 is 0. The first-order valence-electron chi connectivity index (χ1n) is 8.31. The molecule has 1 N–H and O–H groups in total. The summed E-state index contributed by atoms with van der Waals surface area (Å²) in [6.45, 7) is 12.8. The van der Waals surface area contributed by atoms with Crippen molar-refractivity contribution in [2.45, 2.75) is 31.7 Å². The maximum Gasteiger partial charge on any atom is 0.0223 e. The van der Waals surface area contributed by atoms with Crippen LogP contribution in [0.2, 0.25) is 0 Å². The van der Waals surface area contributed by atoms with Crippen molar-refractivity contribution >= 4 is 0 Å². The molecule has 3 aliphatic heterocycles. The molecule has 0 amide bonds. The lowest BCUT2D eigenvalue weighted by Gasteiger charge is -2.44. The number of hydrogen-bond donors (Lipinski definition) is 1. The van der Waals surface area contributed by atoms with Crippen LogP contribution in [0.3, 0.4) is 0 Å². The smallest absolute Gasteiger partial charge is 0.0223 e. The predicted octanol–water partition coefficient (Wildman–Crippen LogP) is 0.452. The summed E-state index contributed by atoms with van der Waals surface area (Å²) in [7, 11) is 0. The molecule has 0 aromatic rings. The van der Waals surface area contributed by atoms with Gasteiger partial charge in [-0.3, -0.25) is 4.90 Å². The van der Waals surface area contributed by atoms with Crippen LogP contribution in [-0.2, 0) is 0 Å². The highest BCUT2D eigenvalue weighted by Gasteiger charge is 2.28. The molecule has 3 aliphatic rings. The summed E-state index contributed by atoms with van der Waals surface area (Å²) in [5.74, 6) is 0. The molecule has 0 saturated carbocycles. The molecule has 0 aromatic carbocycles. The number of rotatable bonds is 4. The van der Waals surface area contributed by atoms with E-state index in [1.807, 2.05) is 0 Å². The molecule has 1 unspecified atom stereocenters. The minimum absolute atomic E-state index is 0.877. The quantitative estimate of drug-likeness (QED) is 0.797. The number of piperidine rings is 1. The van der Waals surface area contributed by atoms with Gasteiger partial charge in [0.25, 0.3) is 0 Å². The Morgan fingerprint density at radius 2 is 1.68 bits per heavy atom. The Morgan fingerprint density at radius 1 is 0.842 bits per heavy atom. The van der Waals surface area contributed by atoms with Gasteiger partial charge in [0.2, 0.25) is 0 Å². The van der Waals surface area contributed by atoms with Gasteiger partial charge in [-0.05, 0) is 38.9 Å². The van der Waals surface area contributed by atoms with Crippen molar-refractivity contribution in [3.8, 4) is 0 Å². The Balaban J connectivity index is 1.34. The largest absolute Gasteiger partial charge is 0.314 e. The SMILES string of the molecule is C1CCN2CCN(CCCN3CCNCC3)CC2C1. The molecule has 1 atom stereocenters. The van der Waals surface area contributed by atoms with E-state index in [-0.39, 0.29) is 0 Å². The maximum atomic E-state index is 3.43. The van der Waals surface area contributed by atoms with Gasteiger partial charge in [0.05, 0.1) is 0 Å². The van der Waals surface area contributed by atoms with E-state index in [0.717, 1.165) is 6.04 Å². The Morgan fingerprint density at radius 3 is 2.58 bits per heavy atom. The third-order valence-electron chi connectivity index (χ3n) is 5.08. The molecule has 0 aliphatic carbocycles. The van der Waals surface area contributed by atoms with Gasteiger partial charge in [0, 0.05) is 51.9 Å². The van der Waals surface area contributed by atoms with Gasteiger partial charge in [0.1, 0.15) is 0 Å². The number of hydrogen-bond acceptors (Lipinski definition) is 4. The zero-order chi connectivity index (χ0) is 12.9. The highest BCUT2D eigenvalue weighted by Crippen LogP contribution is 2.21. The molecule has 3 fully saturated rings. The van der Waals surface area contributed by atoms with E-state index in [9.17, 15) is 0 Å². The zero-order valence-electron chi connectivity index (χ0n) is 12.3. The third-order valence-corrected chi connectivity index (χ3v) is 5.08. The molecule has 0 aromatic heterocycles. The van der Waals surface area contributed by atoms with E-state index in [1.165, 1.54) is 91.1 Å². The summed E-state index contributed by atoms with van der Waals surface area (Å²) in [5, 5.41) is 3.43. The van der Waals surface area contributed by atoms with Crippen LogP contribution in [0.5, 0.6) is 0 Å². The molecule has 0 radical (unpaired) electrons. The molecule has 3 rings (SSSR count). The van der Waals surface area contributed by atoms with Gasteiger partial charge in [-0.25, -0.2) is 0 Å². The minimum atomic E-state index is 0.877. The monoisotopic (exact) mass is 266 g/mol. The van der Waals surface area contributed by atoms with Crippen LogP contribution in [0.15, 0.2) is 0 Å². The van der Waals surface area contributed by atoms with Gasteiger partial charge in [-0.1, -0.05) is 6.42 Å². The van der Waals surface area contributed by atoms with E-state index in [1.54, 1.807) is 0 Å². The average molecular weight is 266 g/mol. The summed E-state index contributed by atoms with van der Waals surface area (Å²) >= 11 is 0. The van der Waals surface area contributed by atoms with Crippen molar-refractivity contribution in [2.24, 2.45) is 0 Å². The van der Waals surface area contributed by atoms with E-state index < -0.39 is 0 Å². The van der Waals surface area contributed by atoms with Crippen LogP contribution < -0.4 is 5.32 Å². The lowest BCUT2D eigenvalue weighted by molar-refractivity contribution is 0.0473. The molecule has 0 spiro atoms. The van der Waals surface area contributed by atoms with Gasteiger partial charge < -0.3 is 15.1 Å². The first-order valence-corrected chi connectivity index (χ1v) is 8.31. The molecule has 4 heteroatoms. The summed E-state index contributed by atoms with van der Waals surface area (Å²) in [5.41, 5.74) is 0. The van der Waals surface area contributed by atoms with Crippen LogP contribution in [0.1, 0.15) is 25.7 Å². The molecule has 110 valence electrons. The van der Waals surface area contributed by atoms with Crippen LogP contribution in [0, 0.1) is 0 Å². The van der Waals surface area contributed by atoms with Gasteiger partial charge in [0.15, 0.2) is 0 Å². The van der Waals surface area contributed by atoms with Gasteiger partial charge >= 0.3 is 0 Å². The molecule has 0 bridgehead atoms. The number of nitrogens with one attached hydrogen (secondary N) is 1. The van der Waals surface area contributed by atoms with Crippen molar-refractivity contribution in [1.29, 1.82) is 0 Å². The van der Waals surface area contributed by atoms with Crippen molar-refractivity contribution in [3.05, 3.63) is 0 Å².